The number of hydrogen-bond donors (Lipinski definition) is 0. The van der Waals surface area contributed by atoms with Gasteiger partial charge in [-0.2, -0.15) is 0 Å². The molecule has 0 saturated heterocycles. The van der Waals surface area contributed by atoms with Gasteiger partial charge in [-0.05, 0) is 48.4 Å². The van der Waals surface area contributed by atoms with Crippen LogP contribution in [0.2, 0.25) is 0 Å². The first kappa shape index (κ1) is 16.2. The Labute approximate surface area is 150 Å². The standard InChI is InChI=1S/C22H17FN2O/c1-15-13-17(11-12-18(15)23)21-22(26)25(14-16-7-3-2-4-8-16)20-10-6-5-9-19(20)24-21/h2-13H,14H2,1H3. The van der Waals surface area contributed by atoms with E-state index in [1.54, 1.807) is 23.6 Å². The molecule has 4 rings (SSSR count). The molecular formula is C22H17FN2O. The summed E-state index contributed by atoms with van der Waals surface area (Å²) in [6.07, 6.45) is 0. The van der Waals surface area contributed by atoms with Crippen LogP contribution in [0.5, 0.6) is 0 Å². The Morgan fingerprint density at radius 3 is 2.46 bits per heavy atom. The maximum absolute atomic E-state index is 13.6. The summed E-state index contributed by atoms with van der Waals surface area (Å²) < 4.78 is 15.4. The molecule has 4 heteroatoms. The highest BCUT2D eigenvalue weighted by molar-refractivity contribution is 5.78. The number of fused-ring (bicyclic) bond motifs is 1. The van der Waals surface area contributed by atoms with Gasteiger partial charge in [-0.25, -0.2) is 9.37 Å². The molecule has 26 heavy (non-hydrogen) atoms. The molecule has 4 aromatic rings. The number of halogens is 1. The topological polar surface area (TPSA) is 34.9 Å². The second-order valence-electron chi connectivity index (χ2n) is 6.29. The summed E-state index contributed by atoms with van der Waals surface area (Å²) in [7, 11) is 0. The molecule has 0 aliphatic carbocycles. The third kappa shape index (κ3) is 2.90. The Bertz CT molecular complexity index is 1150. The van der Waals surface area contributed by atoms with E-state index in [4.69, 9.17) is 0 Å². The molecule has 0 fully saturated rings. The SMILES string of the molecule is Cc1cc(-c2nc3ccccc3n(Cc3ccccc3)c2=O)ccc1F. The van der Waals surface area contributed by atoms with Gasteiger partial charge in [0.05, 0.1) is 17.6 Å². The van der Waals surface area contributed by atoms with Crippen molar-refractivity contribution in [2.24, 2.45) is 0 Å². The van der Waals surface area contributed by atoms with E-state index >= 15 is 0 Å². The molecule has 0 atom stereocenters. The summed E-state index contributed by atoms with van der Waals surface area (Å²) >= 11 is 0. The fraction of sp³-hybridized carbons (Fsp3) is 0.0909. The van der Waals surface area contributed by atoms with Crippen LogP contribution in [0.15, 0.2) is 77.6 Å². The van der Waals surface area contributed by atoms with Gasteiger partial charge in [0.25, 0.3) is 5.56 Å². The van der Waals surface area contributed by atoms with Crippen LogP contribution < -0.4 is 5.56 Å². The van der Waals surface area contributed by atoms with Crippen LogP contribution in [0.1, 0.15) is 11.1 Å². The summed E-state index contributed by atoms with van der Waals surface area (Å²) in [6, 6.07) is 22.1. The average molecular weight is 344 g/mol. The van der Waals surface area contributed by atoms with Crippen LogP contribution in [-0.2, 0) is 6.54 Å². The third-order valence-electron chi connectivity index (χ3n) is 4.47. The third-order valence-corrected chi connectivity index (χ3v) is 4.47. The summed E-state index contributed by atoms with van der Waals surface area (Å²) in [4.78, 5) is 17.8. The Hall–Kier alpha value is -3.27. The predicted octanol–water partition coefficient (Wildman–Crippen LogP) is 4.56. The first-order valence-corrected chi connectivity index (χ1v) is 8.43. The number of nitrogens with zero attached hydrogens (tertiary/aromatic N) is 2. The number of aryl methyl sites for hydroxylation is 1. The Balaban J connectivity index is 1.96. The monoisotopic (exact) mass is 344 g/mol. The van der Waals surface area contributed by atoms with Crippen LogP contribution in [0.3, 0.4) is 0 Å². The van der Waals surface area contributed by atoms with Crippen LogP contribution >= 0.6 is 0 Å². The maximum Gasteiger partial charge on any atom is 0.277 e. The lowest BCUT2D eigenvalue weighted by Crippen LogP contribution is -2.24. The molecular weight excluding hydrogens is 327 g/mol. The fourth-order valence-electron chi connectivity index (χ4n) is 3.10. The summed E-state index contributed by atoms with van der Waals surface area (Å²) in [5.41, 5.74) is 3.82. The Kier molecular flexibility index (Phi) is 4.09. The van der Waals surface area contributed by atoms with Crippen molar-refractivity contribution in [3.05, 3.63) is 100 Å². The number of rotatable bonds is 3. The van der Waals surface area contributed by atoms with Crippen molar-refractivity contribution in [2.45, 2.75) is 13.5 Å². The van der Waals surface area contributed by atoms with Gasteiger partial charge in [0.2, 0.25) is 0 Å². The van der Waals surface area contributed by atoms with E-state index in [2.05, 4.69) is 4.98 Å². The summed E-state index contributed by atoms with van der Waals surface area (Å²) in [6.45, 7) is 2.14. The molecule has 0 bridgehead atoms. The Morgan fingerprint density at radius 2 is 1.69 bits per heavy atom. The van der Waals surface area contributed by atoms with E-state index in [9.17, 15) is 9.18 Å². The zero-order chi connectivity index (χ0) is 18.1. The lowest BCUT2D eigenvalue weighted by Gasteiger charge is -2.13. The second kappa shape index (κ2) is 6.56. The smallest absolute Gasteiger partial charge is 0.277 e. The summed E-state index contributed by atoms with van der Waals surface area (Å²) in [5, 5.41) is 0. The quantitative estimate of drug-likeness (QED) is 0.546. The zero-order valence-electron chi connectivity index (χ0n) is 14.3. The molecule has 128 valence electrons. The van der Waals surface area contributed by atoms with Crippen molar-refractivity contribution >= 4 is 11.0 Å². The van der Waals surface area contributed by atoms with E-state index in [1.165, 1.54) is 6.07 Å². The minimum Gasteiger partial charge on any atom is -0.300 e. The Morgan fingerprint density at radius 1 is 0.962 bits per heavy atom. The number of para-hydroxylation sites is 2. The van der Waals surface area contributed by atoms with Gasteiger partial charge in [-0.1, -0.05) is 42.5 Å². The lowest BCUT2D eigenvalue weighted by molar-refractivity contribution is 0.618. The van der Waals surface area contributed by atoms with Crippen LogP contribution in [-0.4, -0.2) is 9.55 Å². The van der Waals surface area contributed by atoms with Crippen LogP contribution in [0.25, 0.3) is 22.3 Å². The molecule has 1 heterocycles. The molecule has 1 aromatic heterocycles. The number of aromatic nitrogens is 2. The van der Waals surface area contributed by atoms with E-state index in [1.807, 2.05) is 54.6 Å². The van der Waals surface area contributed by atoms with E-state index in [0.717, 1.165) is 16.6 Å². The fourth-order valence-corrected chi connectivity index (χ4v) is 3.10. The molecule has 0 amide bonds. The van der Waals surface area contributed by atoms with Crippen molar-refractivity contribution in [3.8, 4) is 11.3 Å². The molecule has 0 saturated carbocycles. The molecule has 3 nitrogen and oxygen atoms in total. The normalized spacial score (nSPS) is 11.0. The maximum atomic E-state index is 13.6. The first-order chi connectivity index (χ1) is 12.6. The van der Waals surface area contributed by atoms with Crippen molar-refractivity contribution in [3.63, 3.8) is 0 Å². The highest BCUT2D eigenvalue weighted by Crippen LogP contribution is 2.20. The van der Waals surface area contributed by atoms with E-state index < -0.39 is 0 Å². The van der Waals surface area contributed by atoms with Crippen molar-refractivity contribution in [2.75, 3.05) is 0 Å². The number of benzene rings is 3. The molecule has 3 aromatic carbocycles. The van der Waals surface area contributed by atoms with Gasteiger partial charge < -0.3 is 4.57 Å². The number of hydrogen-bond acceptors (Lipinski definition) is 2. The largest absolute Gasteiger partial charge is 0.300 e. The van der Waals surface area contributed by atoms with Gasteiger partial charge in [0.15, 0.2) is 0 Å². The van der Waals surface area contributed by atoms with E-state index in [-0.39, 0.29) is 11.4 Å². The van der Waals surface area contributed by atoms with Crippen molar-refractivity contribution in [1.82, 2.24) is 9.55 Å². The first-order valence-electron chi connectivity index (χ1n) is 8.43. The second-order valence-corrected chi connectivity index (χ2v) is 6.29. The van der Waals surface area contributed by atoms with Crippen LogP contribution in [0.4, 0.5) is 4.39 Å². The minimum atomic E-state index is -0.292. The zero-order valence-corrected chi connectivity index (χ0v) is 14.3. The highest BCUT2D eigenvalue weighted by atomic mass is 19.1. The van der Waals surface area contributed by atoms with Gasteiger partial charge in [0, 0.05) is 5.56 Å². The average Bonchev–Trinajstić information content (AvgIpc) is 2.67. The van der Waals surface area contributed by atoms with Crippen LogP contribution in [0, 0.1) is 12.7 Å². The van der Waals surface area contributed by atoms with Gasteiger partial charge in [0.1, 0.15) is 11.5 Å². The molecule has 0 unspecified atom stereocenters. The molecule has 0 aliphatic rings. The van der Waals surface area contributed by atoms with Crippen molar-refractivity contribution in [1.29, 1.82) is 0 Å². The summed E-state index contributed by atoms with van der Waals surface area (Å²) in [5.74, 6) is -0.292. The highest BCUT2D eigenvalue weighted by Gasteiger charge is 2.14. The predicted molar refractivity (Wildman–Crippen MR) is 102 cm³/mol. The van der Waals surface area contributed by atoms with E-state index in [0.29, 0.717) is 23.4 Å². The lowest BCUT2D eigenvalue weighted by atomic mass is 10.1. The van der Waals surface area contributed by atoms with Gasteiger partial charge >= 0.3 is 0 Å². The van der Waals surface area contributed by atoms with Gasteiger partial charge in [-0.3, -0.25) is 4.79 Å². The minimum absolute atomic E-state index is 0.182. The van der Waals surface area contributed by atoms with Crippen molar-refractivity contribution < 1.29 is 4.39 Å². The molecule has 0 radical (unpaired) electrons. The molecule has 0 spiro atoms. The molecule has 0 N–H and O–H groups in total. The van der Waals surface area contributed by atoms with Gasteiger partial charge in [-0.15, -0.1) is 0 Å². The molecule has 0 aliphatic heterocycles.